The highest BCUT2D eigenvalue weighted by Gasteiger charge is 2.12. The van der Waals surface area contributed by atoms with Gasteiger partial charge in [0.25, 0.3) is 0 Å². The number of hydrogen-bond acceptors (Lipinski definition) is 5. The Morgan fingerprint density at radius 3 is 1.48 bits per heavy atom. The van der Waals surface area contributed by atoms with Crippen LogP contribution in [0.15, 0.2) is 0 Å². The van der Waals surface area contributed by atoms with Gasteiger partial charge in [-0.25, -0.2) is 0 Å². The molecule has 5 nitrogen and oxygen atoms in total. The number of carbonyl (C=O) groups excluding carboxylic acids is 2. The first-order valence-electron chi connectivity index (χ1n) is 8.96. The molecule has 0 heterocycles. The van der Waals surface area contributed by atoms with E-state index in [0.717, 1.165) is 38.5 Å². The van der Waals surface area contributed by atoms with Crippen molar-refractivity contribution in [1.82, 2.24) is 0 Å². The van der Waals surface area contributed by atoms with Crippen molar-refractivity contribution in [2.75, 3.05) is 13.2 Å². The molecule has 0 saturated heterocycles. The molecule has 0 aliphatic carbocycles. The standard InChI is InChI=1S/C18H34O5/c1-5-7-9-11-17(19)22-15(3)13-21-14-16(4)23-18(20)12-10-8-6-2/h15-16H,5-14H2,1-4H3. The summed E-state index contributed by atoms with van der Waals surface area (Å²) in [6.45, 7) is 8.44. The smallest absolute Gasteiger partial charge is 0.306 e. The summed E-state index contributed by atoms with van der Waals surface area (Å²) in [4.78, 5) is 23.1. The van der Waals surface area contributed by atoms with E-state index in [1.807, 2.05) is 0 Å². The fourth-order valence-corrected chi connectivity index (χ4v) is 2.07. The zero-order chi connectivity index (χ0) is 17.5. The van der Waals surface area contributed by atoms with Gasteiger partial charge in [-0.05, 0) is 26.7 Å². The van der Waals surface area contributed by atoms with Crippen LogP contribution in [0, 0.1) is 0 Å². The van der Waals surface area contributed by atoms with Crippen molar-refractivity contribution in [2.24, 2.45) is 0 Å². The van der Waals surface area contributed by atoms with Crippen molar-refractivity contribution in [3.63, 3.8) is 0 Å². The Morgan fingerprint density at radius 1 is 0.739 bits per heavy atom. The Labute approximate surface area is 141 Å². The van der Waals surface area contributed by atoms with E-state index < -0.39 is 0 Å². The van der Waals surface area contributed by atoms with Crippen LogP contribution in [0.3, 0.4) is 0 Å². The Bertz CT molecular complexity index is 287. The first-order valence-corrected chi connectivity index (χ1v) is 8.96. The zero-order valence-corrected chi connectivity index (χ0v) is 15.3. The number of hydrogen-bond donors (Lipinski definition) is 0. The molecule has 0 rings (SSSR count). The summed E-state index contributed by atoms with van der Waals surface area (Å²) >= 11 is 0. The monoisotopic (exact) mass is 330 g/mol. The first kappa shape index (κ1) is 21.9. The lowest BCUT2D eigenvalue weighted by molar-refractivity contribution is -0.154. The van der Waals surface area contributed by atoms with Crippen LogP contribution >= 0.6 is 0 Å². The van der Waals surface area contributed by atoms with Crippen molar-refractivity contribution in [3.05, 3.63) is 0 Å². The fourth-order valence-electron chi connectivity index (χ4n) is 2.07. The molecular weight excluding hydrogens is 296 g/mol. The van der Waals surface area contributed by atoms with Gasteiger partial charge >= 0.3 is 11.9 Å². The molecule has 0 saturated carbocycles. The molecule has 2 unspecified atom stereocenters. The lowest BCUT2D eigenvalue weighted by atomic mass is 10.2. The molecule has 0 aromatic rings. The molecule has 0 bridgehead atoms. The second-order valence-electron chi connectivity index (χ2n) is 6.05. The average molecular weight is 330 g/mol. The average Bonchev–Trinajstić information content (AvgIpc) is 2.47. The van der Waals surface area contributed by atoms with Gasteiger partial charge in [-0.3, -0.25) is 9.59 Å². The van der Waals surface area contributed by atoms with Crippen LogP contribution in [0.2, 0.25) is 0 Å². The van der Waals surface area contributed by atoms with Crippen LogP contribution in [0.1, 0.15) is 79.1 Å². The quantitative estimate of drug-likeness (QED) is 0.355. The second kappa shape index (κ2) is 14.5. The van der Waals surface area contributed by atoms with Gasteiger partial charge in [0.1, 0.15) is 12.2 Å². The third-order valence-corrected chi connectivity index (χ3v) is 3.34. The molecule has 0 N–H and O–H groups in total. The Balaban J connectivity index is 3.67. The second-order valence-corrected chi connectivity index (χ2v) is 6.05. The summed E-state index contributed by atoms with van der Waals surface area (Å²) in [6.07, 6.45) is 6.35. The molecule has 0 aromatic carbocycles. The highest BCUT2D eigenvalue weighted by Crippen LogP contribution is 2.05. The fraction of sp³-hybridized carbons (Fsp3) is 0.889. The third-order valence-electron chi connectivity index (χ3n) is 3.34. The summed E-state index contributed by atoms with van der Waals surface area (Å²) in [6, 6.07) is 0. The molecular formula is C18H34O5. The Morgan fingerprint density at radius 2 is 1.13 bits per heavy atom. The molecule has 0 radical (unpaired) electrons. The topological polar surface area (TPSA) is 61.8 Å². The van der Waals surface area contributed by atoms with E-state index in [1.165, 1.54) is 0 Å². The van der Waals surface area contributed by atoms with Gasteiger partial charge in [0.05, 0.1) is 13.2 Å². The minimum atomic E-state index is -0.281. The predicted octanol–water partition coefficient (Wildman–Crippen LogP) is 4.03. The van der Waals surface area contributed by atoms with Gasteiger partial charge in [0.2, 0.25) is 0 Å². The highest BCUT2D eigenvalue weighted by atomic mass is 16.6. The maximum Gasteiger partial charge on any atom is 0.306 e. The summed E-state index contributed by atoms with van der Waals surface area (Å²) in [5.74, 6) is -0.352. The van der Waals surface area contributed by atoms with Crippen LogP contribution in [-0.4, -0.2) is 37.4 Å². The molecule has 0 amide bonds. The molecule has 0 fully saturated rings. The SMILES string of the molecule is CCCCCC(=O)OC(C)COCC(C)OC(=O)CCCCC. The normalized spacial score (nSPS) is 13.4. The zero-order valence-electron chi connectivity index (χ0n) is 15.3. The van der Waals surface area contributed by atoms with Gasteiger partial charge < -0.3 is 14.2 Å². The number of rotatable bonds is 14. The molecule has 2 atom stereocenters. The van der Waals surface area contributed by atoms with Crippen molar-refractivity contribution >= 4 is 11.9 Å². The van der Waals surface area contributed by atoms with Crippen LogP contribution in [0.25, 0.3) is 0 Å². The minimum Gasteiger partial charge on any atom is -0.460 e. The predicted molar refractivity (Wildman–Crippen MR) is 90.2 cm³/mol. The van der Waals surface area contributed by atoms with E-state index in [4.69, 9.17) is 14.2 Å². The molecule has 0 aliphatic heterocycles. The van der Waals surface area contributed by atoms with Crippen molar-refractivity contribution < 1.29 is 23.8 Å². The molecule has 23 heavy (non-hydrogen) atoms. The van der Waals surface area contributed by atoms with E-state index in [-0.39, 0.29) is 24.1 Å². The summed E-state index contributed by atoms with van der Waals surface area (Å²) in [7, 11) is 0. The largest absolute Gasteiger partial charge is 0.460 e. The molecule has 0 aliphatic rings. The number of esters is 2. The lowest BCUT2D eigenvalue weighted by Gasteiger charge is -2.17. The molecule has 0 aromatic heterocycles. The van der Waals surface area contributed by atoms with E-state index >= 15 is 0 Å². The molecule has 136 valence electrons. The van der Waals surface area contributed by atoms with E-state index in [0.29, 0.717) is 26.1 Å². The van der Waals surface area contributed by atoms with E-state index in [9.17, 15) is 9.59 Å². The maximum absolute atomic E-state index is 11.5. The van der Waals surface area contributed by atoms with Crippen molar-refractivity contribution in [1.29, 1.82) is 0 Å². The van der Waals surface area contributed by atoms with Gasteiger partial charge in [-0.1, -0.05) is 39.5 Å². The van der Waals surface area contributed by atoms with Gasteiger partial charge in [-0.15, -0.1) is 0 Å². The minimum absolute atomic E-state index is 0.176. The first-order chi connectivity index (χ1) is 11.0. The van der Waals surface area contributed by atoms with E-state index in [1.54, 1.807) is 13.8 Å². The highest BCUT2D eigenvalue weighted by molar-refractivity contribution is 5.69. The summed E-state index contributed by atoms with van der Waals surface area (Å²) in [5, 5.41) is 0. The van der Waals surface area contributed by atoms with Crippen molar-refractivity contribution in [3.8, 4) is 0 Å². The van der Waals surface area contributed by atoms with Gasteiger partial charge in [0, 0.05) is 12.8 Å². The third kappa shape index (κ3) is 14.2. The Kier molecular flexibility index (Phi) is 13.8. The van der Waals surface area contributed by atoms with Gasteiger partial charge in [-0.2, -0.15) is 0 Å². The van der Waals surface area contributed by atoms with Crippen LogP contribution in [0.5, 0.6) is 0 Å². The number of ether oxygens (including phenoxy) is 3. The van der Waals surface area contributed by atoms with E-state index in [2.05, 4.69) is 13.8 Å². The molecule has 5 heteroatoms. The van der Waals surface area contributed by atoms with Crippen molar-refractivity contribution in [2.45, 2.75) is 91.3 Å². The van der Waals surface area contributed by atoms with Crippen LogP contribution < -0.4 is 0 Å². The lowest BCUT2D eigenvalue weighted by Crippen LogP contribution is -2.25. The number of unbranched alkanes of at least 4 members (excludes halogenated alkanes) is 4. The summed E-state index contributed by atoms with van der Waals surface area (Å²) < 4.78 is 16.0. The summed E-state index contributed by atoms with van der Waals surface area (Å²) in [5.41, 5.74) is 0. The van der Waals surface area contributed by atoms with Crippen LogP contribution in [-0.2, 0) is 23.8 Å². The molecule has 0 spiro atoms. The van der Waals surface area contributed by atoms with Gasteiger partial charge in [0.15, 0.2) is 0 Å². The number of carbonyl (C=O) groups is 2. The maximum atomic E-state index is 11.5. The Hall–Kier alpha value is -1.10. The van der Waals surface area contributed by atoms with Crippen LogP contribution in [0.4, 0.5) is 0 Å².